The number of unbranched alkanes of at least 4 members (excludes halogenated alkanes) is 1. The fraction of sp³-hybridized carbons (Fsp3) is 0.615. The number of esters is 1. The molecule has 0 aliphatic rings. The van der Waals surface area contributed by atoms with Crippen LogP contribution in [-0.4, -0.2) is 17.1 Å². The molecule has 0 unspecified atom stereocenters. The second-order valence-electron chi connectivity index (χ2n) is 4.01. The summed E-state index contributed by atoms with van der Waals surface area (Å²) in [5.41, 5.74) is 2.86. The minimum atomic E-state index is -0.210. The average molecular weight is 223 g/mol. The van der Waals surface area contributed by atoms with Gasteiger partial charge in [0.1, 0.15) is 0 Å². The number of carbonyl (C=O) groups excluding carboxylic acids is 1. The molecule has 0 aliphatic heterocycles. The van der Waals surface area contributed by atoms with Gasteiger partial charge in [-0.05, 0) is 33.3 Å². The summed E-state index contributed by atoms with van der Waals surface area (Å²) in [4.78, 5) is 11.7. The number of aryl methyl sites for hydroxylation is 1. The van der Waals surface area contributed by atoms with Crippen LogP contribution in [0.1, 0.15) is 48.4 Å². The van der Waals surface area contributed by atoms with Gasteiger partial charge in [-0.1, -0.05) is 13.3 Å². The quantitative estimate of drug-likeness (QED) is 0.718. The fourth-order valence-corrected chi connectivity index (χ4v) is 1.88. The van der Waals surface area contributed by atoms with E-state index in [4.69, 9.17) is 4.74 Å². The number of hydrogen-bond donors (Lipinski definition) is 0. The Bertz CT molecular complexity index is 366. The predicted molar refractivity (Wildman–Crippen MR) is 64.8 cm³/mol. The Morgan fingerprint density at radius 1 is 1.38 bits per heavy atom. The zero-order valence-corrected chi connectivity index (χ0v) is 10.7. The van der Waals surface area contributed by atoms with Crippen molar-refractivity contribution < 1.29 is 9.53 Å². The second-order valence-corrected chi connectivity index (χ2v) is 4.01. The van der Waals surface area contributed by atoms with Gasteiger partial charge in [-0.25, -0.2) is 4.79 Å². The largest absolute Gasteiger partial charge is 0.462 e. The molecule has 0 aromatic carbocycles. The molecule has 0 N–H and O–H groups in total. The molecule has 0 bridgehead atoms. The maximum absolute atomic E-state index is 11.7. The Balaban J connectivity index is 2.92. The van der Waals surface area contributed by atoms with E-state index in [9.17, 15) is 4.79 Å². The van der Waals surface area contributed by atoms with E-state index in [1.54, 1.807) is 0 Å². The number of carbonyl (C=O) groups is 1. The third-order valence-electron chi connectivity index (χ3n) is 2.80. The highest BCUT2D eigenvalue weighted by molar-refractivity contribution is 5.91. The lowest BCUT2D eigenvalue weighted by molar-refractivity contribution is 0.0525. The highest BCUT2D eigenvalue weighted by Crippen LogP contribution is 2.17. The molecule has 0 fully saturated rings. The number of nitrogens with zero attached hydrogens (tertiary/aromatic N) is 1. The van der Waals surface area contributed by atoms with Crippen molar-refractivity contribution in [1.29, 1.82) is 0 Å². The molecule has 3 heteroatoms. The van der Waals surface area contributed by atoms with Gasteiger partial charge in [0.05, 0.1) is 12.2 Å². The molecule has 90 valence electrons. The Morgan fingerprint density at radius 2 is 2.06 bits per heavy atom. The van der Waals surface area contributed by atoms with E-state index in [0.717, 1.165) is 30.8 Å². The molecule has 1 aromatic heterocycles. The molecule has 16 heavy (non-hydrogen) atoms. The summed E-state index contributed by atoms with van der Waals surface area (Å²) in [6, 6.07) is 1.92. The van der Waals surface area contributed by atoms with Crippen molar-refractivity contribution in [3.8, 4) is 0 Å². The molecule has 0 atom stereocenters. The molecule has 0 spiro atoms. The van der Waals surface area contributed by atoms with Gasteiger partial charge in [-0.15, -0.1) is 0 Å². The van der Waals surface area contributed by atoms with E-state index in [2.05, 4.69) is 11.5 Å². The number of ether oxygens (including phenoxy) is 1. The highest BCUT2D eigenvalue weighted by atomic mass is 16.5. The van der Waals surface area contributed by atoms with Crippen LogP contribution in [0.2, 0.25) is 0 Å². The summed E-state index contributed by atoms with van der Waals surface area (Å²) in [5.74, 6) is -0.210. The van der Waals surface area contributed by atoms with Crippen LogP contribution in [0.25, 0.3) is 0 Å². The summed E-state index contributed by atoms with van der Waals surface area (Å²) >= 11 is 0. The third kappa shape index (κ3) is 2.65. The number of hydrogen-bond acceptors (Lipinski definition) is 2. The Morgan fingerprint density at radius 3 is 2.62 bits per heavy atom. The van der Waals surface area contributed by atoms with Crippen LogP contribution in [0.15, 0.2) is 6.07 Å². The summed E-state index contributed by atoms with van der Waals surface area (Å²) in [6.45, 7) is 9.42. The first kappa shape index (κ1) is 12.8. The van der Waals surface area contributed by atoms with E-state index in [0.29, 0.717) is 12.2 Å². The molecule has 3 nitrogen and oxygen atoms in total. The van der Waals surface area contributed by atoms with E-state index in [1.807, 2.05) is 26.8 Å². The number of rotatable bonds is 5. The van der Waals surface area contributed by atoms with Crippen LogP contribution in [0.5, 0.6) is 0 Å². The van der Waals surface area contributed by atoms with Crippen molar-refractivity contribution in [1.82, 2.24) is 4.57 Å². The average Bonchev–Trinajstić information content (AvgIpc) is 2.53. The third-order valence-corrected chi connectivity index (χ3v) is 2.80. The maximum Gasteiger partial charge on any atom is 0.339 e. The van der Waals surface area contributed by atoms with Gasteiger partial charge >= 0.3 is 5.97 Å². The molecule has 0 aliphatic carbocycles. The first-order chi connectivity index (χ1) is 7.61. The van der Waals surface area contributed by atoms with Crippen LogP contribution in [0, 0.1) is 13.8 Å². The second kappa shape index (κ2) is 5.73. The van der Waals surface area contributed by atoms with Gasteiger partial charge in [0.25, 0.3) is 0 Å². The van der Waals surface area contributed by atoms with Crippen LogP contribution in [-0.2, 0) is 11.3 Å². The molecule has 0 saturated carbocycles. The fourth-order valence-electron chi connectivity index (χ4n) is 1.88. The van der Waals surface area contributed by atoms with Crippen LogP contribution < -0.4 is 0 Å². The highest BCUT2D eigenvalue weighted by Gasteiger charge is 2.15. The van der Waals surface area contributed by atoms with Gasteiger partial charge in [0, 0.05) is 17.9 Å². The Hall–Kier alpha value is -1.25. The molecule has 1 aromatic rings. The van der Waals surface area contributed by atoms with E-state index < -0.39 is 0 Å². The zero-order chi connectivity index (χ0) is 12.1. The zero-order valence-electron chi connectivity index (χ0n) is 10.7. The van der Waals surface area contributed by atoms with Gasteiger partial charge < -0.3 is 9.30 Å². The first-order valence-corrected chi connectivity index (χ1v) is 5.95. The van der Waals surface area contributed by atoms with Gasteiger partial charge in [0.2, 0.25) is 0 Å². The Labute approximate surface area is 97.4 Å². The monoisotopic (exact) mass is 223 g/mol. The van der Waals surface area contributed by atoms with Crippen molar-refractivity contribution in [2.45, 2.75) is 47.1 Å². The summed E-state index contributed by atoms with van der Waals surface area (Å²) in [6.07, 6.45) is 2.30. The lowest BCUT2D eigenvalue weighted by atomic mass is 10.2. The van der Waals surface area contributed by atoms with Gasteiger partial charge in [0.15, 0.2) is 0 Å². The van der Waals surface area contributed by atoms with Crippen molar-refractivity contribution in [2.75, 3.05) is 6.61 Å². The van der Waals surface area contributed by atoms with E-state index >= 15 is 0 Å². The van der Waals surface area contributed by atoms with E-state index in [1.165, 1.54) is 0 Å². The normalized spacial score (nSPS) is 10.5. The minimum Gasteiger partial charge on any atom is -0.462 e. The molecular formula is C13H21NO2. The molecule has 1 rings (SSSR count). The SMILES string of the molecule is CCCCn1c(C)cc(C(=O)OCC)c1C. The van der Waals surface area contributed by atoms with Crippen LogP contribution in [0.4, 0.5) is 0 Å². The molecule has 0 radical (unpaired) electrons. The van der Waals surface area contributed by atoms with E-state index in [-0.39, 0.29) is 5.97 Å². The van der Waals surface area contributed by atoms with Crippen molar-refractivity contribution >= 4 is 5.97 Å². The molecule has 0 amide bonds. The lowest BCUT2D eigenvalue weighted by Gasteiger charge is -2.08. The van der Waals surface area contributed by atoms with Crippen molar-refractivity contribution in [2.24, 2.45) is 0 Å². The Kier molecular flexibility index (Phi) is 4.59. The summed E-state index contributed by atoms with van der Waals surface area (Å²) < 4.78 is 7.22. The lowest BCUT2D eigenvalue weighted by Crippen LogP contribution is -2.07. The molecular weight excluding hydrogens is 202 g/mol. The smallest absolute Gasteiger partial charge is 0.339 e. The maximum atomic E-state index is 11.7. The predicted octanol–water partition coefficient (Wildman–Crippen LogP) is 3.08. The van der Waals surface area contributed by atoms with Gasteiger partial charge in [-0.3, -0.25) is 0 Å². The summed E-state index contributed by atoms with van der Waals surface area (Å²) in [5, 5.41) is 0. The van der Waals surface area contributed by atoms with Crippen molar-refractivity contribution in [3.05, 3.63) is 23.0 Å². The van der Waals surface area contributed by atoms with Crippen molar-refractivity contribution in [3.63, 3.8) is 0 Å². The number of aromatic nitrogens is 1. The molecule has 0 saturated heterocycles. The standard InChI is InChI=1S/C13H21NO2/c1-5-7-8-14-10(3)9-12(11(14)4)13(15)16-6-2/h9H,5-8H2,1-4H3. The van der Waals surface area contributed by atoms with Crippen LogP contribution >= 0.6 is 0 Å². The first-order valence-electron chi connectivity index (χ1n) is 5.95. The van der Waals surface area contributed by atoms with Gasteiger partial charge in [-0.2, -0.15) is 0 Å². The van der Waals surface area contributed by atoms with Crippen LogP contribution in [0.3, 0.4) is 0 Å². The topological polar surface area (TPSA) is 31.2 Å². The summed E-state index contributed by atoms with van der Waals surface area (Å²) in [7, 11) is 0. The minimum absolute atomic E-state index is 0.210. The molecule has 1 heterocycles.